The highest BCUT2D eigenvalue weighted by molar-refractivity contribution is 5.75. The Hall–Kier alpha value is -0.570. The van der Waals surface area contributed by atoms with Gasteiger partial charge in [0.05, 0.1) is 0 Å². The van der Waals surface area contributed by atoms with Gasteiger partial charge in [-0.15, -0.1) is 0 Å². The number of nitrogens with one attached hydrogen (secondary N) is 1. The van der Waals surface area contributed by atoms with Gasteiger partial charge in [0.2, 0.25) is 5.91 Å². The van der Waals surface area contributed by atoms with Crippen molar-refractivity contribution in [2.45, 2.75) is 33.6 Å². The minimum Gasteiger partial charge on any atom is -0.356 e. The number of hydrogen-bond donors (Lipinski definition) is 2. The summed E-state index contributed by atoms with van der Waals surface area (Å²) in [6, 6.07) is 0. The molecule has 0 aliphatic heterocycles. The van der Waals surface area contributed by atoms with Crippen LogP contribution in [-0.4, -0.2) is 19.0 Å². The molecule has 0 spiro atoms. The molecule has 0 saturated carbocycles. The molecule has 72 valence electrons. The van der Waals surface area contributed by atoms with Gasteiger partial charge in [0.25, 0.3) is 0 Å². The van der Waals surface area contributed by atoms with Crippen LogP contribution in [0.1, 0.15) is 33.6 Å². The van der Waals surface area contributed by atoms with Crippen molar-refractivity contribution in [2.75, 3.05) is 13.1 Å². The van der Waals surface area contributed by atoms with Crippen molar-refractivity contribution in [3.8, 4) is 0 Å². The van der Waals surface area contributed by atoms with E-state index in [9.17, 15) is 4.79 Å². The van der Waals surface area contributed by atoms with Crippen molar-refractivity contribution in [1.82, 2.24) is 5.32 Å². The second kappa shape index (κ2) is 5.14. The van der Waals surface area contributed by atoms with Gasteiger partial charge < -0.3 is 11.1 Å². The summed E-state index contributed by atoms with van der Waals surface area (Å²) in [5, 5.41) is 2.82. The molecular formula is C9H20N2O. The predicted molar refractivity (Wildman–Crippen MR) is 50.8 cm³/mol. The van der Waals surface area contributed by atoms with Crippen LogP contribution in [0.25, 0.3) is 0 Å². The van der Waals surface area contributed by atoms with E-state index in [1.54, 1.807) is 0 Å². The summed E-state index contributed by atoms with van der Waals surface area (Å²) in [5.74, 6) is 0.0572. The van der Waals surface area contributed by atoms with Crippen molar-refractivity contribution >= 4 is 5.91 Å². The van der Waals surface area contributed by atoms with Crippen molar-refractivity contribution in [1.29, 1.82) is 0 Å². The third kappa shape index (κ3) is 7.54. The highest BCUT2D eigenvalue weighted by Gasteiger charge is 2.09. The monoisotopic (exact) mass is 172 g/mol. The summed E-state index contributed by atoms with van der Waals surface area (Å²) < 4.78 is 0. The van der Waals surface area contributed by atoms with Crippen LogP contribution in [0.5, 0.6) is 0 Å². The van der Waals surface area contributed by atoms with E-state index >= 15 is 0 Å². The van der Waals surface area contributed by atoms with Gasteiger partial charge in [0, 0.05) is 19.5 Å². The van der Waals surface area contributed by atoms with E-state index in [-0.39, 0.29) is 11.3 Å². The fraction of sp³-hybridized carbons (Fsp3) is 0.889. The first-order valence-electron chi connectivity index (χ1n) is 4.42. The normalized spacial score (nSPS) is 11.3. The van der Waals surface area contributed by atoms with Gasteiger partial charge in [-0.3, -0.25) is 4.79 Å². The topological polar surface area (TPSA) is 55.1 Å². The fourth-order valence-corrected chi connectivity index (χ4v) is 0.796. The van der Waals surface area contributed by atoms with Crippen molar-refractivity contribution in [2.24, 2.45) is 11.1 Å². The van der Waals surface area contributed by atoms with Gasteiger partial charge in [0.1, 0.15) is 0 Å². The van der Waals surface area contributed by atoms with Gasteiger partial charge in [-0.05, 0) is 11.8 Å². The zero-order chi connectivity index (χ0) is 9.61. The highest BCUT2D eigenvalue weighted by atomic mass is 16.1. The molecule has 3 N–H and O–H groups in total. The predicted octanol–water partition coefficient (Wildman–Crippen LogP) is 0.888. The van der Waals surface area contributed by atoms with E-state index < -0.39 is 0 Å². The van der Waals surface area contributed by atoms with Crippen molar-refractivity contribution < 1.29 is 4.79 Å². The minimum atomic E-state index is 0.0572. The van der Waals surface area contributed by atoms with Gasteiger partial charge in [0.15, 0.2) is 0 Å². The van der Waals surface area contributed by atoms with Gasteiger partial charge in [-0.2, -0.15) is 0 Å². The molecule has 0 aromatic rings. The van der Waals surface area contributed by atoms with Gasteiger partial charge in [-0.25, -0.2) is 0 Å². The molecule has 3 nitrogen and oxygen atoms in total. The maximum absolute atomic E-state index is 10.9. The Bertz CT molecular complexity index is 138. The van der Waals surface area contributed by atoms with Crippen LogP contribution >= 0.6 is 0 Å². The molecular weight excluding hydrogens is 152 g/mol. The molecule has 0 radical (unpaired) electrons. The van der Waals surface area contributed by atoms with Crippen LogP contribution in [0, 0.1) is 5.41 Å². The zero-order valence-electron chi connectivity index (χ0n) is 8.31. The van der Waals surface area contributed by atoms with Crippen molar-refractivity contribution in [3.05, 3.63) is 0 Å². The summed E-state index contributed by atoms with van der Waals surface area (Å²) in [5.41, 5.74) is 5.51. The molecule has 0 saturated heterocycles. The molecule has 0 atom stereocenters. The first-order valence-corrected chi connectivity index (χ1v) is 4.42. The summed E-state index contributed by atoms with van der Waals surface area (Å²) in [6.45, 7) is 7.65. The molecule has 1 amide bonds. The van der Waals surface area contributed by atoms with E-state index in [1.165, 1.54) is 0 Å². The molecule has 0 aliphatic rings. The number of hydrogen-bond acceptors (Lipinski definition) is 2. The number of carbonyl (C=O) groups excluding carboxylic acids is 1. The average Bonchev–Trinajstić information content (AvgIpc) is 1.84. The van der Waals surface area contributed by atoms with E-state index in [4.69, 9.17) is 5.73 Å². The Morgan fingerprint density at radius 1 is 1.42 bits per heavy atom. The molecule has 0 rings (SSSR count). The Balaban J connectivity index is 3.37. The Morgan fingerprint density at radius 3 is 2.42 bits per heavy atom. The lowest BCUT2D eigenvalue weighted by atomic mass is 9.92. The number of amides is 1. The van der Waals surface area contributed by atoms with Gasteiger partial charge >= 0.3 is 0 Å². The van der Waals surface area contributed by atoms with Crippen molar-refractivity contribution in [3.63, 3.8) is 0 Å². The quantitative estimate of drug-likeness (QED) is 0.661. The van der Waals surface area contributed by atoms with Crippen LogP contribution in [0.4, 0.5) is 0 Å². The first-order chi connectivity index (χ1) is 5.45. The number of rotatable bonds is 4. The lowest BCUT2D eigenvalue weighted by molar-refractivity contribution is -0.120. The lowest BCUT2D eigenvalue weighted by Gasteiger charge is -2.17. The van der Waals surface area contributed by atoms with E-state index in [0.717, 1.165) is 13.0 Å². The summed E-state index contributed by atoms with van der Waals surface area (Å²) >= 11 is 0. The second-order valence-electron chi connectivity index (χ2n) is 4.20. The lowest BCUT2D eigenvalue weighted by Crippen LogP contribution is -2.28. The number of nitrogens with two attached hydrogens (primary N) is 1. The molecule has 0 aromatic heterocycles. The van der Waals surface area contributed by atoms with E-state index in [1.807, 2.05) is 0 Å². The SMILES string of the molecule is CC(C)(C)CCNC(=O)CCN. The van der Waals surface area contributed by atoms with Crippen LogP contribution in [-0.2, 0) is 4.79 Å². The van der Waals surface area contributed by atoms with Gasteiger partial charge in [-0.1, -0.05) is 20.8 Å². The zero-order valence-corrected chi connectivity index (χ0v) is 8.31. The van der Waals surface area contributed by atoms with Crippen LogP contribution in [0.3, 0.4) is 0 Å². The first kappa shape index (κ1) is 11.4. The molecule has 0 unspecified atom stereocenters. The maximum atomic E-state index is 10.9. The smallest absolute Gasteiger partial charge is 0.221 e. The molecule has 0 aliphatic carbocycles. The summed E-state index contributed by atoms with van der Waals surface area (Å²) in [7, 11) is 0. The van der Waals surface area contributed by atoms with Crippen LogP contribution in [0.2, 0.25) is 0 Å². The third-order valence-electron chi connectivity index (χ3n) is 1.57. The second-order valence-corrected chi connectivity index (χ2v) is 4.20. The minimum absolute atomic E-state index is 0.0572. The van der Waals surface area contributed by atoms with E-state index in [2.05, 4.69) is 26.1 Å². The standard InChI is InChI=1S/C9H20N2O/c1-9(2,3)5-7-11-8(12)4-6-10/h4-7,10H2,1-3H3,(H,11,12). The molecule has 0 fully saturated rings. The highest BCUT2D eigenvalue weighted by Crippen LogP contribution is 2.16. The molecule has 0 heterocycles. The van der Waals surface area contributed by atoms with E-state index in [0.29, 0.717) is 13.0 Å². The Kier molecular flexibility index (Phi) is 4.90. The molecule has 3 heteroatoms. The largest absolute Gasteiger partial charge is 0.356 e. The molecule has 12 heavy (non-hydrogen) atoms. The molecule has 0 bridgehead atoms. The summed E-state index contributed by atoms with van der Waals surface area (Å²) in [4.78, 5) is 10.9. The fourth-order valence-electron chi connectivity index (χ4n) is 0.796. The average molecular weight is 172 g/mol. The van der Waals surface area contributed by atoms with Crippen LogP contribution in [0.15, 0.2) is 0 Å². The Morgan fingerprint density at radius 2 is 2.00 bits per heavy atom. The molecule has 0 aromatic carbocycles. The maximum Gasteiger partial charge on any atom is 0.221 e. The number of carbonyl (C=O) groups is 1. The Labute approximate surface area is 74.7 Å². The van der Waals surface area contributed by atoms with Crippen LogP contribution < -0.4 is 11.1 Å². The third-order valence-corrected chi connectivity index (χ3v) is 1.57. The summed E-state index contributed by atoms with van der Waals surface area (Å²) in [6.07, 6.45) is 1.44.